The quantitative estimate of drug-likeness (QED) is 0.519. The lowest BCUT2D eigenvalue weighted by Gasteiger charge is -2.44. The van der Waals surface area contributed by atoms with Crippen LogP contribution in [0.2, 0.25) is 0 Å². The molecule has 0 spiro atoms. The van der Waals surface area contributed by atoms with E-state index in [2.05, 4.69) is 9.88 Å². The Kier molecular flexibility index (Phi) is 7.95. The van der Waals surface area contributed by atoms with Gasteiger partial charge in [-0.2, -0.15) is 13.2 Å². The first-order chi connectivity index (χ1) is 15.8. The number of halogens is 3. The molecule has 3 fully saturated rings. The lowest BCUT2D eigenvalue weighted by molar-refractivity contribution is -0.148. The van der Waals surface area contributed by atoms with Gasteiger partial charge in [0, 0.05) is 30.9 Å². The van der Waals surface area contributed by atoms with Gasteiger partial charge in [-0.1, -0.05) is 31.7 Å². The van der Waals surface area contributed by atoms with Gasteiger partial charge in [0.15, 0.2) is 0 Å². The molecule has 4 rings (SSSR count). The summed E-state index contributed by atoms with van der Waals surface area (Å²) >= 11 is 0. The zero-order valence-electron chi connectivity index (χ0n) is 19.1. The summed E-state index contributed by atoms with van der Waals surface area (Å²) in [7, 11) is 0. The van der Waals surface area contributed by atoms with Crippen LogP contribution in [0.25, 0.3) is 0 Å². The Morgan fingerprint density at radius 3 is 2.09 bits per heavy atom. The van der Waals surface area contributed by atoms with Crippen molar-refractivity contribution in [3.63, 3.8) is 0 Å². The van der Waals surface area contributed by atoms with Crippen LogP contribution in [-0.2, 0) is 15.7 Å². The third kappa shape index (κ3) is 6.47. The molecule has 33 heavy (non-hydrogen) atoms. The van der Waals surface area contributed by atoms with E-state index < -0.39 is 30.0 Å². The van der Waals surface area contributed by atoms with Crippen molar-refractivity contribution in [1.82, 2.24) is 9.88 Å². The van der Waals surface area contributed by atoms with E-state index in [1.165, 1.54) is 63.6 Å². The lowest BCUT2D eigenvalue weighted by atomic mass is 9.90. The molecule has 3 atom stereocenters. The van der Waals surface area contributed by atoms with Crippen molar-refractivity contribution in [2.75, 3.05) is 13.1 Å². The Morgan fingerprint density at radius 2 is 1.61 bits per heavy atom. The smallest absolute Gasteiger partial charge is 0.433 e. The number of aliphatic carboxylic acids is 1. The number of carboxylic acids is 1. The maximum Gasteiger partial charge on any atom is 0.433 e. The monoisotopic (exact) mass is 468 g/mol. The molecule has 0 aromatic carbocycles. The molecule has 1 aromatic heterocycles. The fraction of sp³-hybridized carbons (Fsp3) is 0.760. The van der Waals surface area contributed by atoms with E-state index in [1.54, 1.807) is 0 Å². The van der Waals surface area contributed by atoms with E-state index in [9.17, 15) is 23.1 Å². The number of hydrogen-bond donors (Lipinski definition) is 1. The molecule has 3 aliphatic rings. The van der Waals surface area contributed by atoms with Crippen LogP contribution < -0.4 is 0 Å². The molecular formula is C25H35F3N2O3. The van der Waals surface area contributed by atoms with Gasteiger partial charge >= 0.3 is 12.1 Å². The van der Waals surface area contributed by atoms with Crippen LogP contribution >= 0.6 is 0 Å². The number of rotatable bonds is 8. The predicted octanol–water partition coefficient (Wildman–Crippen LogP) is 5.85. The molecule has 3 unspecified atom stereocenters. The van der Waals surface area contributed by atoms with E-state index in [4.69, 9.17) is 4.74 Å². The Morgan fingerprint density at radius 1 is 1.00 bits per heavy atom. The predicted molar refractivity (Wildman–Crippen MR) is 118 cm³/mol. The zero-order valence-corrected chi connectivity index (χ0v) is 19.1. The van der Waals surface area contributed by atoms with Crippen molar-refractivity contribution in [3.05, 3.63) is 29.6 Å². The van der Waals surface area contributed by atoms with Crippen LogP contribution in [0, 0.1) is 11.8 Å². The van der Waals surface area contributed by atoms with Gasteiger partial charge in [0.2, 0.25) is 0 Å². The van der Waals surface area contributed by atoms with Gasteiger partial charge in [0.25, 0.3) is 0 Å². The summed E-state index contributed by atoms with van der Waals surface area (Å²) in [5.41, 5.74) is -0.319. The number of nitrogens with zero attached hydrogens (tertiary/aromatic N) is 2. The molecule has 2 saturated carbocycles. The number of pyridine rings is 1. The highest BCUT2D eigenvalue weighted by Gasteiger charge is 2.39. The maximum atomic E-state index is 13.1. The van der Waals surface area contributed by atoms with Crippen molar-refractivity contribution < 1.29 is 27.8 Å². The third-order valence-corrected chi connectivity index (χ3v) is 7.68. The number of hydrogen-bond acceptors (Lipinski definition) is 4. The average Bonchev–Trinajstić information content (AvgIpc) is 3.47. The molecule has 0 radical (unpaired) electrons. The lowest BCUT2D eigenvalue weighted by Crippen LogP contribution is -2.48. The molecular weight excluding hydrogens is 433 g/mol. The van der Waals surface area contributed by atoms with E-state index in [-0.39, 0.29) is 12.5 Å². The van der Waals surface area contributed by atoms with Gasteiger partial charge in [0.1, 0.15) is 5.69 Å². The van der Waals surface area contributed by atoms with E-state index in [0.717, 1.165) is 25.6 Å². The molecule has 2 aliphatic carbocycles. The number of alkyl halides is 3. The molecule has 0 amide bonds. The number of carboxylic acid groups (broad SMARTS) is 1. The van der Waals surface area contributed by atoms with E-state index >= 15 is 0 Å². The Bertz CT molecular complexity index is 756. The van der Waals surface area contributed by atoms with Crippen LogP contribution in [0.1, 0.15) is 88.0 Å². The van der Waals surface area contributed by atoms with Gasteiger partial charge in [-0.15, -0.1) is 0 Å². The Labute approximate surface area is 193 Å². The van der Waals surface area contributed by atoms with Gasteiger partial charge in [-0.25, -0.2) is 0 Å². The minimum absolute atomic E-state index is 0.0229. The highest BCUT2D eigenvalue weighted by molar-refractivity contribution is 5.67. The summed E-state index contributed by atoms with van der Waals surface area (Å²) < 4.78 is 45.5. The zero-order chi connectivity index (χ0) is 23.4. The second-order valence-corrected chi connectivity index (χ2v) is 10.2. The molecule has 1 N–H and O–H groups in total. The largest absolute Gasteiger partial charge is 0.481 e. The fourth-order valence-electron chi connectivity index (χ4n) is 6.03. The maximum absolute atomic E-state index is 13.1. The first kappa shape index (κ1) is 24.5. The summed E-state index contributed by atoms with van der Waals surface area (Å²) in [6.07, 6.45) is 7.14. The summed E-state index contributed by atoms with van der Waals surface area (Å²) in [5.74, 6) is 0.376. The van der Waals surface area contributed by atoms with Crippen LogP contribution in [0.5, 0.6) is 0 Å². The standard InChI is InChI=1S/C25H35F3N2O3/c26-25(27,28)22-12-9-19(14-29-22)24-21(11-10-20(33-24)13-23(31)32)30(15-17-5-1-2-6-17)16-18-7-3-4-8-18/h9,12,14,17-18,20-21,24H,1-8,10-11,13,15-16H2,(H,31,32). The molecule has 5 nitrogen and oxygen atoms in total. The van der Waals surface area contributed by atoms with Gasteiger partial charge in [-0.3, -0.25) is 14.7 Å². The van der Waals surface area contributed by atoms with E-state index in [1.807, 2.05) is 0 Å². The molecule has 2 heterocycles. The number of aromatic nitrogens is 1. The second-order valence-electron chi connectivity index (χ2n) is 10.2. The first-order valence-corrected chi connectivity index (χ1v) is 12.4. The van der Waals surface area contributed by atoms with Crippen molar-refractivity contribution in [1.29, 1.82) is 0 Å². The first-order valence-electron chi connectivity index (χ1n) is 12.4. The Balaban J connectivity index is 1.58. The molecule has 1 saturated heterocycles. The van der Waals surface area contributed by atoms with Crippen molar-refractivity contribution >= 4 is 5.97 Å². The molecule has 8 heteroatoms. The molecule has 184 valence electrons. The van der Waals surface area contributed by atoms with Gasteiger partial charge in [-0.05, 0) is 56.4 Å². The molecule has 0 bridgehead atoms. The average molecular weight is 469 g/mol. The van der Waals surface area contributed by atoms with Gasteiger partial charge in [0.05, 0.1) is 18.6 Å². The number of carbonyl (C=O) groups is 1. The second kappa shape index (κ2) is 10.7. The third-order valence-electron chi connectivity index (χ3n) is 7.68. The summed E-state index contributed by atoms with van der Waals surface area (Å²) in [6.45, 7) is 1.97. The topological polar surface area (TPSA) is 62.7 Å². The normalized spacial score (nSPS) is 27.5. The molecule has 1 aromatic rings. The summed E-state index contributed by atoms with van der Waals surface area (Å²) in [4.78, 5) is 17.5. The minimum atomic E-state index is -4.49. The van der Waals surface area contributed by atoms with Crippen molar-refractivity contribution in [2.24, 2.45) is 11.8 Å². The van der Waals surface area contributed by atoms with Crippen LogP contribution in [-0.4, -0.2) is 46.2 Å². The summed E-state index contributed by atoms with van der Waals surface area (Å²) in [6, 6.07) is 2.49. The van der Waals surface area contributed by atoms with Crippen LogP contribution in [0.3, 0.4) is 0 Å². The van der Waals surface area contributed by atoms with Crippen LogP contribution in [0.15, 0.2) is 18.3 Å². The highest BCUT2D eigenvalue weighted by atomic mass is 19.4. The summed E-state index contributed by atoms with van der Waals surface area (Å²) in [5, 5.41) is 9.28. The van der Waals surface area contributed by atoms with Crippen LogP contribution in [0.4, 0.5) is 13.2 Å². The van der Waals surface area contributed by atoms with Gasteiger partial charge < -0.3 is 9.84 Å². The van der Waals surface area contributed by atoms with Crippen molar-refractivity contribution in [3.8, 4) is 0 Å². The molecule has 1 aliphatic heterocycles. The SMILES string of the molecule is O=C(O)CC1CCC(N(CC2CCCC2)CC2CCCC2)C(c2ccc(C(F)(F)F)nc2)O1. The fourth-order valence-corrected chi connectivity index (χ4v) is 6.03. The minimum Gasteiger partial charge on any atom is -0.481 e. The highest BCUT2D eigenvalue weighted by Crippen LogP contribution is 2.39. The number of ether oxygens (including phenoxy) is 1. The Hall–Kier alpha value is -1.67. The van der Waals surface area contributed by atoms with Crippen molar-refractivity contribution in [2.45, 2.75) is 95.1 Å². The van der Waals surface area contributed by atoms with E-state index in [0.29, 0.717) is 23.8 Å².